The Bertz CT molecular complexity index is 1210. The number of amidine groups is 1. The smallest absolute Gasteiger partial charge is 0.338 e. The highest BCUT2D eigenvalue weighted by molar-refractivity contribution is 6.30. The maximum Gasteiger partial charge on any atom is 0.338 e. The van der Waals surface area contributed by atoms with Crippen LogP contribution in [0.5, 0.6) is 0 Å². The van der Waals surface area contributed by atoms with Crippen LogP contribution < -0.4 is 4.90 Å². The second kappa shape index (κ2) is 8.26. The Labute approximate surface area is 181 Å². The van der Waals surface area contributed by atoms with Crippen molar-refractivity contribution in [2.24, 2.45) is 7.05 Å². The van der Waals surface area contributed by atoms with Crippen molar-refractivity contribution in [2.45, 2.75) is 26.7 Å². The molecule has 0 spiro atoms. The molecule has 0 radical (unpaired) electrons. The topological polar surface area (TPSA) is 91.4 Å². The molecule has 31 heavy (non-hydrogen) atoms. The number of benzene rings is 2. The SMILES string of the molecule is CCCCOC(=O)c1cccc(N2CC(O)=C(c3nc4cc(C)ccc4n3C)C2=N)c1. The molecule has 0 saturated carbocycles. The summed E-state index contributed by atoms with van der Waals surface area (Å²) in [5.41, 5.74) is 4.32. The van der Waals surface area contributed by atoms with E-state index in [-0.39, 0.29) is 24.1 Å². The summed E-state index contributed by atoms with van der Waals surface area (Å²) in [7, 11) is 1.88. The number of hydrogen-bond donors (Lipinski definition) is 2. The number of imidazole rings is 1. The summed E-state index contributed by atoms with van der Waals surface area (Å²) in [5, 5.41) is 19.5. The highest BCUT2D eigenvalue weighted by Crippen LogP contribution is 2.32. The number of ether oxygens (including phenoxy) is 1. The van der Waals surface area contributed by atoms with Crippen LogP contribution in [0, 0.1) is 12.3 Å². The lowest BCUT2D eigenvalue weighted by Crippen LogP contribution is -2.26. The molecule has 1 aliphatic rings. The van der Waals surface area contributed by atoms with Gasteiger partial charge in [0.15, 0.2) is 0 Å². The van der Waals surface area contributed by atoms with Gasteiger partial charge in [-0.05, 0) is 49.2 Å². The van der Waals surface area contributed by atoms with Gasteiger partial charge in [-0.15, -0.1) is 0 Å². The van der Waals surface area contributed by atoms with E-state index in [1.807, 2.05) is 49.7 Å². The number of carbonyl (C=O) groups excluding carboxylic acids is 1. The summed E-state index contributed by atoms with van der Waals surface area (Å²) in [4.78, 5) is 18.7. The Hall–Kier alpha value is -3.61. The van der Waals surface area contributed by atoms with Gasteiger partial charge < -0.3 is 19.3 Å². The highest BCUT2D eigenvalue weighted by Gasteiger charge is 2.32. The second-order valence-corrected chi connectivity index (χ2v) is 7.78. The summed E-state index contributed by atoms with van der Waals surface area (Å²) in [6, 6.07) is 12.9. The molecule has 0 saturated heterocycles. The number of unbranched alkanes of at least 4 members (excludes halogenated alkanes) is 1. The standard InChI is InChI=1S/C24H26N4O3/c1-4-5-11-31-24(30)16-7-6-8-17(13-16)28-14-20(29)21(22(28)25)23-26-18-12-15(2)9-10-19(18)27(23)3/h6-10,12-13,25,29H,4-5,11,14H2,1-3H3. The minimum Gasteiger partial charge on any atom is -0.509 e. The van der Waals surface area contributed by atoms with E-state index in [1.54, 1.807) is 23.1 Å². The number of fused-ring (bicyclic) bond motifs is 1. The number of hydrogen-bond acceptors (Lipinski definition) is 5. The molecule has 0 bridgehead atoms. The number of aliphatic hydroxyl groups excluding tert-OH is 1. The van der Waals surface area contributed by atoms with Gasteiger partial charge in [0.1, 0.15) is 17.4 Å². The second-order valence-electron chi connectivity index (χ2n) is 7.78. The van der Waals surface area contributed by atoms with Crippen molar-refractivity contribution in [3.8, 4) is 0 Å². The van der Waals surface area contributed by atoms with E-state index in [0.717, 1.165) is 29.4 Å². The van der Waals surface area contributed by atoms with Crippen LogP contribution >= 0.6 is 0 Å². The molecule has 2 heterocycles. The summed E-state index contributed by atoms with van der Waals surface area (Å²) >= 11 is 0. The summed E-state index contributed by atoms with van der Waals surface area (Å²) in [6.45, 7) is 4.57. The number of aromatic nitrogens is 2. The molecular formula is C24H26N4O3. The lowest BCUT2D eigenvalue weighted by molar-refractivity contribution is 0.0500. The normalized spacial score (nSPS) is 14.0. The van der Waals surface area contributed by atoms with E-state index in [0.29, 0.717) is 29.3 Å². The average molecular weight is 418 g/mol. The van der Waals surface area contributed by atoms with E-state index in [1.165, 1.54) is 0 Å². The summed E-state index contributed by atoms with van der Waals surface area (Å²) in [5.74, 6) is 0.380. The van der Waals surface area contributed by atoms with Crippen LogP contribution in [0.25, 0.3) is 16.6 Å². The predicted molar refractivity (Wildman–Crippen MR) is 122 cm³/mol. The monoisotopic (exact) mass is 418 g/mol. The number of anilines is 1. The Morgan fingerprint density at radius 3 is 2.84 bits per heavy atom. The molecule has 2 N–H and O–H groups in total. The third-order valence-corrected chi connectivity index (χ3v) is 5.49. The number of rotatable bonds is 6. The van der Waals surface area contributed by atoms with Crippen molar-refractivity contribution < 1.29 is 14.6 Å². The molecule has 4 rings (SSSR count). The Kier molecular flexibility index (Phi) is 5.50. The number of esters is 1. The number of aryl methyl sites for hydroxylation is 2. The van der Waals surface area contributed by atoms with Gasteiger partial charge in [0.2, 0.25) is 0 Å². The van der Waals surface area contributed by atoms with Gasteiger partial charge >= 0.3 is 5.97 Å². The predicted octanol–water partition coefficient (Wildman–Crippen LogP) is 4.61. The molecule has 0 amide bonds. The van der Waals surface area contributed by atoms with Crippen LogP contribution in [0.1, 0.15) is 41.5 Å². The first-order valence-electron chi connectivity index (χ1n) is 10.4. The zero-order valence-corrected chi connectivity index (χ0v) is 18.0. The van der Waals surface area contributed by atoms with Crippen molar-refractivity contribution in [1.82, 2.24) is 9.55 Å². The van der Waals surface area contributed by atoms with Gasteiger partial charge in [0, 0.05) is 12.7 Å². The average Bonchev–Trinajstić information content (AvgIpc) is 3.23. The van der Waals surface area contributed by atoms with E-state index in [4.69, 9.17) is 10.1 Å². The Morgan fingerprint density at radius 2 is 2.06 bits per heavy atom. The number of carbonyl (C=O) groups is 1. The quantitative estimate of drug-likeness (QED) is 0.451. The molecule has 1 aromatic heterocycles. The molecule has 0 unspecified atom stereocenters. The number of nitrogens with one attached hydrogen (secondary N) is 1. The van der Waals surface area contributed by atoms with Gasteiger partial charge in [-0.3, -0.25) is 5.41 Å². The minimum atomic E-state index is -0.385. The number of nitrogens with zero attached hydrogens (tertiary/aromatic N) is 3. The van der Waals surface area contributed by atoms with Crippen molar-refractivity contribution in [3.63, 3.8) is 0 Å². The van der Waals surface area contributed by atoms with E-state index >= 15 is 0 Å². The van der Waals surface area contributed by atoms with Crippen LogP contribution in [0.3, 0.4) is 0 Å². The Morgan fingerprint density at radius 1 is 1.26 bits per heavy atom. The Balaban J connectivity index is 1.62. The maximum atomic E-state index is 12.3. The zero-order valence-electron chi connectivity index (χ0n) is 18.0. The van der Waals surface area contributed by atoms with Gasteiger partial charge in [-0.1, -0.05) is 25.5 Å². The van der Waals surface area contributed by atoms with Gasteiger partial charge in [0.05, 0.1) is 35.3 Å². The van der Waals surface area contributed by atoms with Crippen LogP contribution in [-0.4, -0.2) is 39.6 Å². The van der Waals surface area contributed by atoms with E-state index < -0.39 is 0 Å². The first-order valence-corrected chi connectivity index (χ1v) is 10.4. The number of aliphatic hydroxyl groups is 1. The largest absolute Gasteiger partial charge is 0.509 e. The van der Waals surface area contributed by atoms with Crippen LogP contribution in [0.4, 0.5) is 5.69 Å². The first kappa shape index (κ1) is 20.7. The molecule has 160 valence electrons. The zero-order chi connectivity index (χ0) is 22.1. The fourth-order valence-corrected chi connectivity index (χ4v) is 3.76. The van der Waals surface area contributed by atoms with Crippen LogP contribution in [0.2, 0.25) is 0 Å². The molecule has 3 aromatic rings. The van der Waals surface area contributed by atoms with Gasteiger partial charge in [-0.2, -0.15) is 0 Å². The lowest BCUT2D eigenvalue weighted by atomic mass is 10.2. The lowest BCUT2D eigenvalue weighted by Gasteiger charge is -2.19. The van der Waals surface area contributed by atoms with Crippen molar-refractivity contribution >= 4 is 34.1 Å². The van der Waals surface area contributed by atoms with Crippen LogP contribution in [-0.2, 0) is 11.8 Å². The molecular weight excluding hydrogens is 392 g/mol. The first-order chi connectivity index (χ1) is 14.9. The maximum absolute atomic E-state index is 12.3. The highest BCUT2D eigenvalue weighted by atomic mass is 16.5. The minimum absolute atomic E-state index is 0.0797. The van der Waals surface area contributed by atoms with Crippen molar-refractivity contribution in [2.75, 3.05) is 18.1 Å². The molecule has 0 aliphatic carbocycles. The van der Waals surface area contributed by atoms with Crippen molar-refractivity contribution in [3.05, 3.63) is 65.2 Å². The van der Waals surface area contributed by atoms with Gasteiger partial charge in [-0.25, -0.2) is 9.78 Å². The van der Waals surface area contributed by atoms with Crippen molar-refractivity contribution in [1.29, 1.82) is 5.41 Å². The molecule has 1 aliphatic heterocycles. The van der Waals surface area contributed by atoms with Gasteiger partial charge in [0.25, 0.3) is 0 Å². The molecule has 2 aromatic carbocycles. The third-order valence-electron chi connectivity index (χ3n) is 5.49. The summed E-state index contributed by atoms with van der Waals surface area (Å²) in [6.07, 6.45) is 1.77. The van der Waals surface area contributed by atoms with E-state index in [9.17, 15) is 9.90 Å². The molecule has 7 nitrogen and oxygen atoms in total. The summed E-state index contributed by atoms with van der Waals surface area (Å²) < 4.78 is 7.19. The van der Waals surface area contributed by atoms with Crippen LogP contribution in [0.15, 0.2) is 48.2 Å². The third kappa shape index (κ3) is 3.79. The fourth-order valence-electron chi connectivity index (χ4n) is 3.76. The molecule has 0 fully saturated rings. The molecule has 0 atom stereocenters. The van der Waals surface area contributed by atoms with E-state index in [2.05, 4.69) is 4.98 Å². The molecule has 7 heteroatoms. The fraction of sp³-hybridized carbons (Fsp3) is 0.292.